The van der Waals surface area contributed by atoms with Crippen molar-refractivity contribution < 1.29 is 9.18 Å². The van der Waals surface area contributed by atoms with Gasteiger partial charge in [-0.25, -0.2) is 4.39 Å². The Morgan fingerprint density at radius 3 is 2.72 bits per heavy atom. The normalized spacial score (nSPS) is 16.7. The standard InChI is InChI=1S/C23H24FN3OS/c24-20-13-5-4-12-19(20)23-26-25-22(29-23)18-11-7-15-27(16-18)21(28)14-6-10-17-8-2-1-3-9-17/h1-5,8-9,12-13,18H,6-7,10-11,14-16H2. The number of nitrogens with zero attached hydrogens (tertiary/aromatic N) is 3. The van der Waals surface area contributed by atoms with Crippen molar-refractivity contribution in [3.63, 3.8) is 0 Å². The van der Waals surface area contributed by atoms with E-state index in [1.807, 2.05) is 23.1 Å². The summed E-state index contributed by atoms with van der Waals surface area (Å²) in [6, 6.07) is 16.9. The van der Waals surface area contributed by atoms with Gasteiger partial charge >= 0.3 is 0 Å². The van der Waals surface area contributed by atoms with E-state index in [0.717, 1.165) is 37.2 Å². The van der Waals surface area contributed by atoms with Crippen LogP contribution in [0, 0.1) is 5.82 Å². The van der Waals surface area contributed by atoms with Crippen LogP contribution in [0.15, 0.2) is 54.6 Å². The first-order valence-electron chi connectivity index (χ1n) is 10.1. The van der Waals surface area contributed by atoms with Crippen molar-refractivity contribution in [3.05, 3.63) is 71.0 Å². The third-order valence-electron chi connectivity index (χ3n) is 5.37. The second kappa shape index (κ2) is 9.27. The zero-order valence-corrected chi connectivity index (χ0v) is 17.1. The fraction of sp³-hybridized carbons (Fsp3) is 0.348. The summed E-state index contributed by atoms with van der Waals surface area (Å²) in [5.74, 6) is 0.110. The topological polar surface area (TPSA) is 46.1 Å². The predicted molar refractivity (Wildman–Crippen MR) is 113 cm³/mol. The van der Waals surface area contributed by atoms with Crippen LogP contribution >= 0.6 is 11.3 Å². The number of carbonyl (C=O) groups is 1. The van der Waals surface area contributed by atoms with Crippen molar-refractivity contribution in [2.75, 3.05) is 13.1 Å². The van der Waals surface area contributed by atoms with Crippen LogP contribution < -0.4 is 0 Å². The van der Waals surface area contributed by atoms with E-state index >= 15 is 0 Å². The first kappa shape index (κ1) is 19.7. The minimum atomic E-state index is -0.283. The first-order chi connectivity index (χ1) is 14.2. The maximum absolute atomic E-state index is 14.0. The van der Waals surface area contributed by atoms with Crippen molar-refractivity contribution in [2.45, 2.75) is 38.0 Å². The SMILES string of the molecule is O=C(CCCc1ccccc1)N1CCCC(c2nnc(-c3ccccc3F)s2)C1. The molecule has 0 saturated carbocycles. The van der Waals surface area contributed by atoms with E-state index in [1.165, 1.54) is 23.0 Å². The molecule has 2 aromatic carbocycles. The Labute approximate surface area is 174 Å². The maximum Gasteiger partial charge on any atom is 0.222 e. The highest BCUT2D eigenvalue weighted by molar-refractivity contribution is 7.14. The van der Waals surface area contributed by atoms with Gasteiger partial charge in [-0.2, -0.15) is 0 Å². The van der Waals surface area contributed by atoms with Crippen LogP contribution in [0.25, 0.3) is 10.6 Å². The van der Waals surface area contributed by atoms with Gasteiger partial charge in [-0.05, 0) is 43.4 Å². The van der Waals surface area contributed by atoms with Crippen LogP contribution in [-0.4, -0.2) is 34.1 Å². The molecule has 0 aliphatic carbocycles. The number of halogens is 1. The van der Waals surface area contributed by atoms with Crippen LogP contribution in [0.4, 0.5) is 4.39 Å². The van der Waals surface area contributed by atoms with Crippen molar-refractivity contribution >= 4 is 17.2 Å². The van der Waals surface area contributed by atoms with Gasteiger partial charge in [0.2, 0.25) is 5.91 Å². The highest BCUT2D eigenvalue weighted by Crippen LogP contribution is 2.33. The first-order valence-corrected chi connectivity index (χ1v) is 10.9. The van der Waals surface area contributed by atoms with E-state index in [4.69, 9.17) is 0 Å². The molecule has 1 fully saturated rings. The molecule has 0 bridgehead atoms. The molecule has 4 nitrogen and oxygen atoms in total. The molecular weight excluding hydrogens is 385 g/mol. The summed E-state index contributed by atoms with van der Waals surface area (Å²) in [5, 5.41) is 10.0. The van der Waals surface area contributed by atoms with Gasteiger partial charge in [-0.1, -0.05) is 53.8 Å². The molecule has 2 heterocycles. The van der Waals surface area contributed by atoms with Crippen molar-refractivity contribution in [3.8, 4) is 10.6 Å². The number of hydrogen-bond donors (Lipinski definition) is 0. The van der Waals surface area contributed by atoms with Gasteiger partial charge in [0.1, 0.15) is 10.8 Å². The fourth-order valence-electron chi connectivity index (χ4n) is 3.79. The van der Waals surface area contributed by atoms with Gasteiger partial charge in [0.25, 0.3) is 0 Å². The second-order valence-electron chi connectivity index (χ2n) is 7.44. The molecule has 1 saturated heterocycles. The number of piperidine rings is 1. The molecule has 1 unspecified atom stereocenters. The van der Waals surface area contributed by atoms with Crippen molar-refractivity contribution in [1.29, 1.82) is 0 Å². The predicted octanol–water partition coefficient (Wildman–Crippen LogP) is 5.07. The molecule has 4 rings (SSSR count). The Kier molecular flexibility index (Phi) is 6.30. The van der Waals surface area contributed by atoms with E-state index in [1.54, 1.807) is 18.2 Å². The number of likely N-dealkylation sites (tertiary alicyclic amines) is 1. The van der Waals surface area contributed by atoms with E-state index in [9.17, 15) is 9.18 Å². The number of hydrogen-bond acceptors (Lipinski definition) is 4. The quantitative estimate of drug-likeness (QED) is 0.571. The molecule has 29 heavy (non-hydrogen) atoms. The molecule has 150 valence electrons. The molecule has 0 spiro atoms. The van der Waals surface area contributed by atoms with Gasteiger partial charge in [0, 0.05) is 31.0 Å². The van der Waals surface area contributed by atoms with Gasteiger partial charge in [-0.3, -0.25) is 4.79 Å². The zero-order valence-electron chi connectivity index (χ0n) is 16.3. The Morgan fingerprint density at radius 2 is 1.90 bits per heavy atom. The lowest BCUT2D eigenvalue weighted by molar-refractivity contribution is -0.132. The minimum Gasteiger partial charge on any atom is -0.342 e. The molecule has 6 heteroatoms. The number of rotatable bonds is 6. The van der Waals surface area contributed by atoms with Crippen LogP contribution in [0.5, 0.6) is 0 Å². The monoisotopic (exact) mass is 409 g/mol. The van der Waals surface area contributed by atoms with Crippen LogP contribution in [-0.2, 0) is 11.2 Å². The number of carbonyl (C=O) groups excluding carboxylic acids is 1. The van der Waals surface area contributed by atoms with Crippen LogP contribution in [0.3, 0.4) is 0 Å². The Morgan fingerprint density at radius 1 is 1.10 bits per heavy atom. The highest BCUT2D eigenvalue weighted by Gasteiger charge is 2.27. The number of benzene rings is 2. The summed E-state index contributed by atoms with van der Waals surface area (Å²) in [7, 11) is 0. The molecule has 0 N–H and O–H groups in total. The summed E-state index contributed by atoms with van der Waals surface area (Å²) in [6.45, 7) is 1.48. The van der Waals surface area contributed by atoms with Crippen LogP contribution in [0.1, 0.15) is 42.2 Å². The molecule has 1 aliphatic heterocycles. The van der Waals surface area contributed by atoms with E-state index in [0.29, 0.717) is 23.5 Å². The highest BCUT2D eigenvalue weighted by atomic mass is 32.1. The summed E-state index contributed by atoms with van der Waals surface area (Å²) < 4.78 is 14.0. The lowest BCUT2D eigenvalue weighted by Crippen LogP contribution is -2.39. The van der Waals surface area contributed by atoms with E-state index in [2.05, 4.69) is 22.3 Å². The van der Waals surface area contributed by atoms with Crippen molar-refractivity contribution in [1.82, 2.24) is 15.1 Å². The van der Waals surface area contributed by atoms with E-state index in [-0.39, 0.29) is 17.6 Å². The average Bonchev–Trinajstić information content (AvgIpc) is 3.25. The molecule has 3 aromatic rings. The maximum atomic E-state index is 14.0. The molecular formula is C23H24FN3OS. The Bertz CT molecular complexity index is 960. The summed E-state index contributed by atoms with van der Waals surface area (Å²) in [5.41, 5.74) is 1.76. The molecule has 1 aromatic heterocycles. The molecule has 0 radical (unpaired) electrons. The Hall–Kier alpha value is -2.60. The Balaban J connectivity index is 1.35. The average molecular weight is 410 g/mol. The number of aromatic nitrogens is 2. The third-order valence-corrected chi connectivity index (χ3v) is 6.49. The van der Waals surface area contributed by atoms with E-state index < -0.39 is 0 Å². The van der Waals surface area contributed by atoms with Crippen LogP contribution in [0.2, 0.25) is 0 Å². The second-order valence-corrected chi connectivity index (χ2v) is 8.45. The summed E-state index contributed by atoms with van der Waals surface area (Å²) in [6.07, 6.45) is 4.30. The zero-order chi connectivity index (χ0) is 20.1. The van der Waals surface area contributed by atoms with Gasteiger partial charge < -0.3 is 4.90 Å². The minimum absolute atomic E-state index is 0.180. The summed E-state index contributed by atoms with van der Waals surface area (Å²) in [4.78, 5) is 14.6. The third kappa shape index (κ3) is 4.88. The lowest BCUT2D eigenvalue weighted by Gasteiger charge is -2.31. The number of aryl methyl sites for hydroxylation is 1. The van der Waals surface area contributed by atoms with Gasteiger partial charge in [-0.15, -0.1) is 10.2 Å². The molecule has 1 aliphatic rings. The molecule has 1 amide bonds. The lowest BCUT2D eigenvalue weighted by atomic mass is 9.98. The fourth-order valence-corrected chi connectivity index (χ4v) is 4.79. The van der Waals surface area contributed by atoms with Crippen molar-refractivity contribution in [2.24, 2.45) is 0 Å². The van der Waals surface area contributed by atoms with Gasteiger partial charge in [0.05, 0.1) is 0 Å². The largest absolute Gasteiger partial charge is 0.342 e. The number of amides is 1. The molecule has 1 atom stereocenters. The van der Waals surface area contributed by atoms with Gasteiger partial charge in [0.15, 0.2) is 5.01 Å². The summed E-state index contributed by atoms with van der Waals surface area (Å²) >= 11 is 1.44. The smallest absolute Gasteiger partial charge is 0.222 e.